The molecule has 0 aliphatic heterocycles. The number of hydrogen-bond donors (Lipinski definition) is 0. The van der Waals surface area contributed by atoms with Crippen molar-refractivity contribution in [3.8, 4) is 0 Å². The molecule has 0 aromatic rings. The lowest BCUT2D eigenvalue weighted by Crippen LogP contribution is -2.28. The summed E-state index contributed by atoms with van der Waals surface area (Å²) in [6, 6.07) is 0. The van der Waals surface area contributed by atoms with Crippen molar-refractivity contribution < 1.29 is 0 Å². The molecule has 0 saturated heterocycles. The largest absolute Gasteiger partial charge is 0.0876 e. The summed E-state index contributed by atoms with van der Waals surface area (Å²) in [6.07, 6.45) is 22.2. The smallest absolute Gasteiger partial charge is 0.0129 e. The quantitative estimate of drug-likeness (QED) is 0.393. The summed E-state index contributed by atoms with van der Waals surface area (Å²) in [5.74, 6) is 2.49. The van der Waals surface area contributed by atoms with Gasteiger partial charge in [0.25, 0.3) is 0 Å². The first kappa shape index (κ1) is 16.5. The van der Waals surface area contributed by atoms with E-state index in [2.05, 4.69) is 51.2 Å². The standard InChI is InChI=1S/C21H33P/c1-16-8-6-11-19(14-16)22(20-12-7-9-17(2)15-20)21-13-5-4-10-18(21)3/h6-9,11,16-18,20-21H,4-5,10,12-15H2,1-3H3/t16?,17-,18-,20?,21?,22?/m1/s1. The highest BCUT2D eigenvalue weighted by Crippen LogP contribution is 2.63. The molecular weight excluding hydrogens is 283 g/mol. The highest BCUT2D eigenvalue weighted by Gasteiger charge is 2.37. The molecular formula is C21H33P. The predicted octanol–water partition coefficient (Wildman–Crippen LogP) is 6.88. The molecule has 0 amide bonds. The van der Waals surface area contributed by atoms with Gasteiger partial charge in [-0.1, -0.05) is 78.3 Å². The van der Waals surface area contributed by atoms with E-state index in [1.54, 1.807) is 0 Å². The van der Waals surface area contributed by atoms with E-state index in [9.17, 15) is 0 Å². The van der Waals surface area contributed by atoms with Gasteiger partial charge in [0.05, 0.1) is 0 Å². The second kappa shape index (κ2) is 7.48. The summed E-state index contributed by atoms with van der Waals surface area (Å²) in [5, 5.41) is 1.84. The van der Waals surface area contributed by atoms with E-state index in [0.29, 0.717) is 0 Å². The average molecular weight is 316 g/mol. The van der Waals surface area contributed by atoms with Gasteiger partial charge in [-0.05, 0) is 60.1 Å². The molecule has 3 aliphatic carbocycles. The van der Waals surface area contributed by atoms with Gasteiger partial charge in [-0.3, -0.25) is 0 Å². The van der Waals surface area contributed by atoms with E-state index in [-0.39, 0.29) is 7.92 Å². The van der Waals surface area contributed by atoms with Gasteiger partial charge in [-0.25, -0.2) is 0 Å². The van der Waals surface area contributed by atoms with Gasteiger partial charge >= 0.3 is 0 Å². The van der Waals surface area contributed by atoms with Gasteiger partial charge in [-0.2, -0.15) is 0 Å². The molecule has 0 radical (unpaired) electrons. The summed E-state index contributed by atoms with van der Waals surface area (Å²) in [6.45, 7) is 7.35. The maximum atomic E-state index is 2.55. The van der Waals surface area contributed by atoms with Crippen LogP contribution in [0, 0.1) is 17.8 Å². The SMILES string of the molecule is CC1C=CC=C(P(C2CC=C[C@@H](C)C2)C2CCCC[C@H]2C)C1. The Morgan fingerprint density at radius 1 is 1.00 bits per heavy atom. The zero-order valence-corrected chi connectivity index (χ0v) is 15.6. The molecule has 3 aliphatic rings. The summed E-state index contributed by atoms with van der Waals surface area (Å²) in [7, 11) is 0.0509. The number of hydrogen-bond acceptors (Lipinski definition) is 0. The molecule has 1 fully saturated rings. The van der Waals surface area contributed by atoms with Crippen molar-refractivity contribution in [2.24, 2.45) is 17.8 Å². The zero-order valence-electron chi connectivity index (χ0n) is 14.7. The van der Waals surface area contributed by atoms with E-state index < -0.39 is 0 Å². The molecule has 0 bridgehead atoms. The Bertz CT molecular complexity index is 459. The molecule has 0 aromatic carbocycles. The van der Waals surface area contributed by atoms with E-state index >= 15 is 0 Å². The summed E-state index contributed by atoms with van der Waals surface area (Å²) in [5.41, 5.74) is 1.95. The van der Waals surface area contributed by atoms with Crippen LogP contribution in [0.2, 0.25) is 0 Å². The molecule has 0 aromatic heterocycles. The Labute approximate surface area is 138 Å². The molecule has 1 saturated carbocycles. The summed E-state index contributed by atoms with van der Waals surface area (Å²) < 4.78 is 0. The van der Waals surface area contributed by atoms with E-state index in [0.717, 1.165) is 29.1 Å². The van der Waals surface area contributed by atoms with Crippen LogP contribution >= 0.6 is 7.92 Å². The van der Waals surface area contributed by atoms with Crippen LogP contribution in [0.25, 0.3) is 0 Å². The third-order valence-corrected chi connectivity index (χ3v) is 9.61. The fourth-order valence-electron chi connectivity index (χ4n) is 4.74. The molecule has 22 heavy (non-hydrogen) atoms. The van der Waals surface area contributed by atoms with Crippen molar-refractivity contribution >= 4 is 7.92 Å². The molecule has 1 heteroatoms. The first-order chi connectivity index (χ1) is 10.6. The topological polar surface area (TPSA) is 0 Å². The molecule has 3 rings (SSSR count). The Hall–Kier alpha value is -0.350. The third kappa shape index (κ3) is 3.76. The van der Waals surface area contributed by atoms with Crippen molar-refractivity contribution in [3.05, 3.63) is 35.7 Å². The van der Waals surface area contributed by atoms with Crippen molar-refractivity contribution in [1.82, 2.24) is 0 Å². The Morgan fingerprint density at radius 3 is 2.55 bits per heavy atom. The van der Waals surface area contributed by atoms with E-state index in [1.165, 1.54) is 44.9 Å². The van der Waals surface area contributed by atoms with Crippen LogP contribution in [0.5, 0.6) is 0 Å². The van der Waals surface area contributed by atoms with Crippen LogP contribution in [0.3, 0.4) is 0 Å². The monoisotopic (exact) mass is 316 g/mol. The van der Waals surface area contributed by atoms with Crippen molar-refractivity contribution in [1.29, 1.82) is 0 Å². The van der Waals surface area contributed by atoms with Crippen LogP contribution in [0.1, 0.15) is 65.7 Å². The summed E-state index contributed by atoms with van der Waals surface area (Å²) >= 11 is 0. The number of allylic oxidation sites excluding steroid dienone is 6. The fraction of sp³-hybridized carbons (Fsp3) is 0.714. The predicted molar refractivity (Wildman–Crippen MR) is 101 cm³/mol. The normalized spacial score (nSPS) is 40.3. The van der Waals surface area contributed by atoms with Gasteiger partial charge in [0.2, 0.25) is 0 Å². The van der Waals surface area contributed by atoms with Crippen LogP contribution in [-0.4, -0.2) is 11.3 Å². The second-order valence-corrected chi connectivity index (χ2v) is 10.8. The van der Waals surface area contributed by atoms with Gasteiger partial charge in [-0.15, -0.1) is 0 Å². The minimum absolute atomic E-state index is 0.0509. The molecule has 0 spiro atoms. The van der Waals surface area contributed by atoms with Gasteiger partial charge in [0.1, 0.15) is 0 Å². The highest BCUT2D eigenvalue weighted by atomic mass is 31.1. The molecule has 6 atom stereocenters. The van der Waals surface area contributed by atoms with Crippen molar-refractivity contribution in [3.63, 3.8) is 0 Å². The van der Waals surface area contributed by atoms with E-state index in [4.69, 9.17) is 0 Å². The van der Waals surface area contributed by atoms with Crippen LogP contribution in [0.4, 0.5) is 0 Å². The van der Waals surface area contributed by atoms with Gasteiger partial charge in [0.15, 0.2) is 0 Å². The van der Waals surface area contributed by atoms with Crippen LogP contribution in [-0.2, 0) is 0 Å². The Morgan fingerprint density at radius 2 is 1.82 bits per heavy atom. The third-order valence-electron chi connectivity index (χ3n) is 5.92. The van der Waals surface area contributed by atoms with Crippen molar-refractivity contribution in [2.45, 2.75) is 77.0 Å². The van der Waals surface area contributed by atoms with Crippen molar-refractivity contribution in [2.75, 3.05) is 0 Å². The first-order valence-electron chi connectivity index (χ1n) is 9.47. The lowest BCUT2D eigenvalue weighted by molar-refractivity contribution is 0.390. The molecule has 0 heterocycles. The maximum absolute atomic E-state index is 2.55. The molecule has 4 unspecified atom stereocenters. The van der Waals surface area contributed by atoms with Gasteiger partial charge in [0, 0.05) is 0 Å². The first-order valence-corrected chi connectivity index (χ1v) is 11.0. The molecule has 0 nitrogen and oxygen atoms in total. The van der Waals surface area contributed by atoms with Crippen LogP contribution in [0.15, 0.2) is 35.7 Å². The lowest BCUT2D eigenvalue weighted by Gasteiger charge is -2.43. The minimum atomic E-state index is 0.0509. The molecule has 0 N–H and O–H groups in total. The lowest BCUT2D eigenvalue weighted by atomic mass is 9.90. The van der Waals surface area contributed by atoms with Crippen LogP contribution < -0.4 is 0 Å². The van der Waals surface area contributed by atoms with E-state index in [1.807, 2.05) is 5.31 Å². The Kier molecular flexibility index (Phi) is 5.61. The number of rotatable bonds is 3. The fourth-order valence-corrected chi connectivity index (χ4v) is 9.00. The molecule has 122 valence electrons. The Balaban J connectivity index is 1.86. The average Bonchev–Trinajstić information content (AvgIpc) is 2.50. The zero-order chi connectivity index (χ0) is 15.5. The summed E-state index contributed by atoms with van der Waals surface area (Å²) in [4.78, 5) is 0. The van der Waals surface area contributed by atoms with Gasteiger partial charge < -0.3 is 0 Å². The maximum Gasteiger partial charge on any atom is -0.0129 e. The highest BCUT2D eigenvalue weighted by molar-refractivity contribution is 7.63. The second-order valence-electron chi connectivity index (χ2n) is 7.99. The minimum Gasteiger partial charge on any atom is -0.0876 e.